The Hall–Kier alpha value is -1.75. The van der Waals surface area contributed by atoms with E-state index in [9.17, 15) is 0 Å². The molecule has 2 heterocycles. The van der Waals surface area contributed by atoms with Gasteiger partial charge in [0, 0.05) is 60.5 Å². The van der Waals surface area contributed by atoms with Gasteiger partial charge >= 0.3 is 0 Å². The van der Waals surface area contributed by atoms with Gasteiger partial charge < -0.3 is 9.80 Å². The van der Waals surface area contributed by atoms with Crippen molar-refractivity contribution < 1.29 is 0 Å². The second kappa shape index (κ2) is 13.3. The molecule has 5 heteroatoms. The van der Waals surface area contributed by atoms with Gasteiger partial charge in [-0.15, -0.1) is 0 Å². The molecular weight excluding hydrogens is 680 g/mol. The van der Waals surface area contributed by atoms with Crippen molar-refractivity contribution in [3.8, 4) is 0 Å². The van der Waals surface area contributed by atoms with Crippen molar-refractivity contribution in [2.24, 2.45) is 0 Å². The largest absolute Gasteiger partial charge is 0.364 e. The number of nitrogens with zero attached hydrogens (tertiary/aromatic N) is 2. The predicted octanol–water partition coefficient (Wildman–Crippen LogP) is 12.1. The number of halogens is 3. The molecule has 0 saturated carbocycles. The van der Waals surface area contributed by atoms with Gasteiger partial charge in [0.25, 0.3) is 0 Å². The van der Waals surface area contributed by atoms with Crippen LogP contribution in [-0.4, -0.2) is 19.1 Å². The van der Waals surface area contributed by atoms with Gasteiger partial charge in [-0.3, -0.25) is 0 Å². The third-order valence-electron chi connectivity index (χ3n) is 9.73. The highest BCUT2D eigenvalue weighted by Crippen LogP contribution is 2.51. The number of benzene rings is 2. The van der Waals surface area contributed by atoms with Crippen molar-refractivity contribution in [3.05, 3.63) is 103 Å². The fourth-order valence-corrected chi connectivity index (χ4v) is 9.44. The van der Waals surface area contributed by atoms with E-state index in [0.29, 0.717) is 0 Å². The summed E-state index contributed by atoms with van der Waals surface area (Å²) in [6.07, 6.45) is 17.3. The van der Waals surface area contributed by atoms with Crippen molar-refractivity contribution in [2.45, 2.75) is 103 Å². The van der Waals surface area contributed by atoms with Gasteiger partial charge in [-0.05, 0) is 79.2 Å². The number of anilines is 2. The number of hydrogen-bond acceptors (Lipinski definition) is 2. The molecule has 0 amide bonds. The molecule has 0 radical (unpaired) electrons. The van der Waals surface area contributed by atoms with E-state index in [1.807, 2.05) is 0 Å². The lowest BCUT2D eigenvalue weighted by atomic mass is 9.80. The smallest absolute Gasteiger partial charge is 0.0568 e. The van der Waals surface area contributed by atoms with E-state index in [2.05, 4.69) is 144 Å². The molecule has 43 heavy (non-hydrogen) atoms. The van der Waals surface area contributed by atoms with E-state index in [1.54, 1.807) is 0 Å². The van der Waals surface area contributed by atoms with Gasteiger partial charge in [0.05, 0.1) is 6.04 Å². The lowest BCUT2D eigenvalue weighted by Crippen LogP contribution is -2.40. The minimum absolute atomic E-state index is 0.0102. The minimum Gasteiger partial charge on any atom is -0.364 e. The standard InChI is InChI=1S/C38H47Br2ClN2/c1-7-9-24-42-30-18-12-16-28(39)34(30)37(3,4)32(42)22-20-26-14-11-15-27(36(26)41)21-23-33-38(5,6)35-29(40)17-13-19-31(35)43(33)25-10-8-2/h12-13,16-23,32H,7-11,14-15,24-25H2,1-6H3/b22-20+,27-21+,33-23+. The molecule has 0 spiro atoms. The fraction of sp³-hybridized carbons (Fsp3) is 0.474. The second-order valence-electron chi connectivity index (χ2n) is 13.4. The monoisotopic (exact) mass is 724 g/mol. The van der Waals surface area contributed by atoms with Crippen molar-refractivity contribution in [2.75, 3.05) is 22.9 Å². The second-order valence-corrected chi connectivity index (χ2v) is 15.5. The molecule has 5 rings (SSSR count). The minimum atomic E-state index is -0.0902. The highest BCUT2D eigenvalue weighted by Gasteiger charge is 2.44. The van der Waals surface area contributed by atoms with Gasteiger partial charge in [0.2, 0.25) is 0 Å². The molecule has 2 nitrogen and oxygen atoms in total. The lowest BCUT2D eigenvalue weighted by Gasteiger charge is -2.33. The molecule has 3 aliphatic rings. The van der Waals surface area contributed by atoms with Crippen LogP contribution in [-0.2, 0) is 10.8 Å². The zero-order valence-electron chi connectivity index (χ0n) is 26.7. The average Bonchev–Trinajstić information content (AvgIpc) is 3.32. The molecule has 230 valence electrons. The molecule has 2 aromatic carbocycles. The Morgan fingerprint density at radius 3 is 2.21 bits per heavy atom. The Labute approximate surface area is 282 Å². The first-order valence-corrected chi connectivity index (χ1v) is 18.1. The van der Waals surface area contributed by atoms with E-state index >= 15 is 0 Å². The van der Waals surface area contributed by atoms with Crippen LogP contribution in [0.25, 0.3) is 0 Å². The first-order valence-electron chi connectivity index (χ1n) is 16.1. The van der Waals surface area contributed by atoms with E-state index < -0.39 is 0 Å². The molecular formula is C38H47Br2ClN2. The maximum atomic E-state index is 7.22. The third-order valence-corrected chi connectivity index (χ3v) is 11.5. The third kappa shape index (κ3) is 6.10. The summed E-state index contributed by atoms with van der Waals surface area (Å²) in [7, 11) is 0. The summed E-state index contributed by atoms with van der Waals surface area (Å²) in [5.41, 5.74) is 9.24. The van der Waals surface area contributed by atoms with Crippen molar-refractivity contribution in [3.63, 3.8) is 0 Å². The van der Waals surface area contributed by atoms with Crippen LogP contribution < -0.4 is 9.80 Å². The lowest BCUT2D eigenvalue weighted by molar-refractivity contribution is 0.469. The van der Waals surface area contributed by atoms with Crippen LogP contribution in [0.2, 0.25) is 0 Å². The molecule has 0 saturated heterocycles. The summed E-state index contributed by atoms with van der Waals surface area (Å²) < 4.78 is 2.39. The summed E-state index contributed by atoms with van der Waals surface area (Å²) in [5, 5.41) is 0.934. The maximum Gasteiger partial charge on any atom is 0.0568 e. The summed E-state index contributed by atoms with van der Waals surface area (Å²) in [5.74, 6) is 0. The van der Waals surface area contributed by atoms with Crippen LogP contribution >= 0.6 is 43.5 Å². The Morgan fingerprint density at radius 2 is 1.51 bits per heavy atom. The molecule has 1 atom stereocenters. The number of unbranched alkanes of at least 4 members (excludes halogenated alkanes) is 2. The van der Waals surface area contributed by atoms with E-state index in [1.165, 1.54) is 74.0 Å². The van der Waals surface area contributed by atoms with E-state index in [0.717, 1.165) is 37.4 Å². The number of rotatable bonds is 9. The van der Waals surface area contributed by atoms with Gasteiger partial charge in [0.15, 0.2) is 0 Å². The molecule has 0 N–H and O–H groups in total. The average molecular weight is 727 g/mol. The van der Waals surface area contributed by atoms with Crippen LogP contribution in [0.5, 0.6) is 0 Å². The van der Waals surface area contributed by atoms with E-state index in [4.69, 9.17) is 11.6 Å². The van der Waals surface area contributed by atoms with Gasteiger partial charge in [0.1, 0.15) is 0 Å². The summed E-state index contributed by atoms with van der Waals surface area (Å²) in [4.78, 5) is 5.15. The van der Waals surface area contributed by atoms with Crippen LogP contribution in [0, 0.1) is 0 Å². The number of allylic oxidation sites excluding steroid dienone is 7. The quantitative estimate of drug-likeness (QED) is 0.254. The summed E-state index contributed by atoms with van der Waals surface area (Å²) in [6.45, 7) is 16.1. The predicted molar refractivity (Wildman–Crippen MR) is 195 cm³/mol. The Balaban J connectivity index is 1.47. The maximum absolute atomic E-state index is 7.22. The summed E-state index contributed by atoms with van der Waals surface area (Å²) >= 11 is 15.0. The van der Waals surface area contributed by atoms with Gasteiger partial charge in [-0.2, -0.15) is 0 Å². The van der Waals surface area contributed by atoms with Crippen molar-refractivity contribution in [1.82, 2.24) is 0 Å². The molecule has 0 bridgehead atoms. The van der Waals surface area contributed by atoms with Gasteiger partial charge in [-0.25, -0.2) is 0 Å². The Morgan fingerprint density at radius 1 is 0.860 bits per heavy atom. The topological polar surface area (TPSA) is 6.48 Å². The molecule has 0 fully saturated rings. The molecule has 1 aliphatic carbocycles. The van der Waals surface area contributed by atoms with Crippen molar-refractivity contribution >= 4 is 54.8 Å². The van der Waals surface area contributed by atoms with Gasteiger partial charge in [-0.1, -0.05) is 128 Å². The summed E-state index contributed by atoms with van der Waals surface area (Å²) in [6, 6.07) is 13.5. The Bertz CT molecular complexity index is 1480. The zero-order valence-corrected chi connectivity index (χ0v) is 30.7. The highest BCUT2D eigenvalue weighted by molar-refractivity contribution is 9.10. The number of fused-ring (bicyclic) bond motifs is 2. The molecule has 2 aliphatic heterocycles. The normalized spacial score (nSPS) is 22.8. The molecule has 2 aromatic rings. The van der Waals surface area contributed by atoms with Crippen LogP contribution in [0.15, 0.2) is 91.5 Å². The van der Waals surface area contributed by atoms with E-state index in [-0.39, 0.29) is 16.9 Å². The van der Waals surface area contributed by atoms with Crippen LogP contribution in [0.3, 0.4) is 0 Å². The molecule has 1 unspecified atom stereocenters. The van der Waals surface area contributed by atoms with Crippen molar-refractivity contribution in [1.29, 1.82) is 0 Å². The first kappa shape index (κ1) is 32.6. The van der Waals surface area contributed by atoms with Crippen LogP contribution in [0.4, 0.5) is 11.4 Å². The first-order chi connectivity index (χ1) is 20.5. The SMILES string of the molecule is CCCCN1/C(=C/C=C2\CCCC(/C=C/C3N(CCCC)c4cccc(Br)c4C3(C)C)=C2Cl)C(C)(C)c2c(Br)cccc21. The Kier molecular flexibility index (Phi) is 10.1. The molecule has 0 aromatic heterocycles. The number of hydrogen-bond donors (Lipinski definition) is 0. The van der Waals surface area contributed by atoms with Crippen LogP contribution in [0.1, 0.15) is 97.6 Å². The highest BCUT2D eigenvalue weighted by atomic mass is 79.9. The zero-order chi connectivity index (χ0) is 30.9. The fourth-order valence-electron chi connectivity index (χ4n) is 7.41.